The van der Waals surface area contributed by atoms with Crippen molar-refractivity contribution in [3.8, 4) is 28.4 Å². The smallest absolute Gasteiger partial charge is 0.255 e. The molecule has 0 spiro atoms. The molecule has 0 saturated carbocycles. The van der Waals surface area contributed by atoms with Gasteiger partial charge in [-0.1, -0.05) is 69.0 Å². The van der Waals surface area contributed by atoms with E-state index in [1.807, 2.05) is 53.6 Å². The van der Waals surface area contributed by atoms with Crippen LogP contribution in [0.4, 0.5) is 0 Å². The van der Waals surface area contributed by atoms with Gasteiger partial charge < -0.3 is 23.8 Å². The maximum atomic E-state index is 13.6. The van der Waals surface area contributed by atoms with Gasteiger partial charge in [0.25, 0.3) is 11.8 Å². The van der Waals surface area contributed by atoms with Crippen molar-refractivity contribution in [3.63, 3.8) is 0 Å². The number of hydrogen-bond acceptors (Lipinski definition) is 9. The Hall–Kier alpha value is -5.99. The number of allylic oxidation sites excluding steroid dienone is 1. The molecule has 322 valence electrons. The van der Waals surface area contributed by atoms with Crippen LogP contribution in [0.2, 0.25) is 25.7 Å². The number of nitrogens with zero attached hydrogens (tertiary/aromatic N) is 7. The zero-order chi connectivity index (χ0) is 43.5. The van der Waals surface area contributed by atoms with Crippen LogP contribution in [-0.4, -0.2) is 98.5 Å². The van der Waals surface area contributed by atoms with E-state index in [-0.39, 0.29) is 36.8 Å². The van der Waals surface area contributed by atoms with Gasteiger partial charge in [0.2, 0.25) is 17.7 Å². The number of unbranched alkanes of at least 4 members (excludes halogenated alkanes) is 1. The van der Waals surface area contributed by atoms with Gasteiger partial charge >= 0.3 is 0 Å². The largest absolute Gasteiger partial charge is 0.478 e. The lowest BCUT2D eigenvalue weighted by Gasteiger charge is -2.35. The molecular weight excluding hydrogens is 799 g/mol. The molecule has 5 aromatic rings. The highest BCUT2D eigenvalue weighted by atomic mass is 28.3. The Balaban J connectivity index is 0.848. The lowest BCUT2D eigenvalue weighted by Crippen LogP contribution is -2.55. The van der Waals surface area contributed by atoms with E-state index in [1.54, 1.807) is 18.0 Å². The molecule has 1 unspecified atom stereocenters. The fourth-order valence-corrected chi connectivity index (χ4v) is 9.26. The molecule has 8 rings (SSSR count). The number of carbonyl (C=O) groups excluding carboxylic acids is 4. The standard InChI is InChI=1S/C48H55N7O6Si/c1-6-43-51-46(42-30-52(32(2)56)21-22-53(42)43)36-15-11-14-34-26-40(49-28-38(34)36)35-17-19-44(50-27-35)61-23-9-7-8-12-33-13-10-16-37-39(33)29-54(47(37)58)41-18-20-45(57)55(48(41)59)31-60-24-25-62(3,4)5/h8,10-17,19,26-28,41H,6-7,9,18,20-25,29-31H2,1-5H3/b12-8+. The SMILES string of the molecule is CCc1nc(-c2cccc3cc(-c4ccc(OCCC/C=C/c5cccc6c5CN(C5CCC(=O)N(COCC[Si](C)(C)C)C5=O)C6=O)nc4)ncc23)c2n1CCN(C(C)=O)C2. The van der Waals surface area contributed by atoms with Crippen molar-refractivity contribution >= 4 is 48.6 Å². The number of ether oxygens (including phenoxy) is 2. The number of piperidine rings is 1. The summed E-state index contributed by atoms with van der Waals surface area (Å²) in [5.74, 6) is 0.838. The minimum atomic E-state index is -1.32. The molecule has 1 saturated heterocycles. The Morgan fingerprint density at radius 3 is 2.55 bits per heavy atom. The molecule has 14 heteroatoms. The first-order valence-corrected chi connectivity index (χ1v) is 25.4. The zero-order valence-electron chi connectivity index (χ0n) is 36.4. The highest BCUT2D eigenvalue weighted by Crippen LogP contribution is 2.35. The third kappa shape index (κ3) is 8.98. The summed E-state index contributed by atoms with van der Waals surface area (Å²) in [6, 6.07) is 18.0. The summed E-state index contributed by atoms with van der Waals surface area (Å²) in [6.45, 7) is 13.7. The van der Waals surface area contributed by atoms with E-state index in [9.17, 15) is 19.2 Å². The van der Waals surface area contributed by atoms with E-state index in [0.29, 0.717) is 50.7 Å². The van der Waals surface area contributed by atoms with E-state index >= 15 is 0 Å². The van der Waals surface area contributed by atoms with Gasteiger partial charge in [0.15, 0.2) is 0 Å². The second kappa shape index (κ2) is 18.2. The van der Waals surface area contributed by atoms with Gasteiger partial charge in [-0.15, -0.1) is 0 Å². The molecule has 3 aliphatic rings. The first-order chi connectivity index (χ1) is 29.9. The van der Waals surface area contributed by atoms with E-state index in [2.05, 4.69) is 60.4 Å². The van der Waals surface area contributed by atoms with Gasteiger partial charge in [-0.25, -0.2) is 9.97 Å². The monoisotopic (exact) mass is 853 g/mol. The van der Waals surface area contributed by atoms with Gasteiger partial charge in [0, 0.05) is 94.6 Å². The van der Waals surface area contributed by atoms with E-state index in [4.69, 9.17) is 19.4 Å². The lowest BCUT2D eigenvalue weighted by atomic mass is 10.0. The quantitative estimate of drug-likeness (QED) is 0.0588. The summed E-state index contributed by atoms with van der Waals surface area (Å²) >= 11 is 0. The number of fused-ring (bicyclic) bond motifs is 3. The van der Waals surface area contributed by atoms with Crippen LogP contribution in [0.15, 0.2) is 73.1 Å². The number of likely N-dealkylation sites (tertiary alicyclic amines) is 1. The number of aromatic nitrogens is 4. The minimum absolute atomic E-state index is 0.0720. The predicted octanol–water partition coefficient (Wildman–Crippen LogP) is 7.74. The molecule has 62 heavy (non-hydrogen) atoms. The molecule has 0 N–H and O–H groups in total. The molecule has 1 fully saturated rings. The molecule has 13 nitrogen and oxygen atoms in total. The molecule has 0 bridgehead atoms. The Kier molecular flexibility index (Phi) is 12.5. The number of benzene rings is 2. The third-order valence-corrected chi connectivity index (χ3v) is 13.8. The Morgan fingerprint density at radius 1 is 0.952 bits per heavy atom. The van der Waals surface area contributed by atoms with Crippen molar-refractivity contribution in [1.82, 2.24) is 34.2 Å². The summed E-state index contributed by atoms with van der Waals surface area (Å²) < 4.78 is 14.0. The molecule has 2 aromatic carbocycles. The summed E-state index contributed by atoms with van der Waals surface area (Å²) in [4.78, 5) is 71.2. The molecule has 0 radical (unpaired) electrons. The molecular formula is C48H55N7O6Si. The van der Waals surface area contributed by atoms with E-state index in [0.717, 1.165) is 87.8 Å². The molecule has 3 aliphatic heterocycles. The van der Waals surface area contributed by atoms with E-state index in [1.165, 1.54) is 4.90 Å². The number of hydrogen-bond donors (Lipinski definition) is 0. The Bertz CT molecular complexity index is 2550. The number of pyridine rings is 2. The summed E-state index contributed by atoms with van der Waals surface area (Å²) in [5, 5.41) is 2.05. The molecule has 1 atom stereocenters. The predicted molar refractivity (Wildman–Crippen MR) is 241 cm³/mol. The summed E-state index contributed by atoms with van der Waals surface area (Å²) in [6.07, 6.45) is 10.6. The average Bonchev–Trinajstić information content (AvgIpc) is 3.81. The zero-order valence-corrected chi connectivity index (χ0v) is 37.4. The number of aryl methyl sites for hydroxylation is 1. The van der Waals surface area contributed by atoms with Crippen molar-refractivity contribution in [3.05, 3.63) is 101 Å². The molecule has 3 aromatic heterocycles. The van der Waals surface area contributed by atoms with Crippen molar-refractivity contribution in [2.24, 2.45) is 0 Å². The van der Waals surface area contributed by atoms with Gasteiger partial charge in [-0.05, 0) is 60.0 Å². The van der Waals surface area contributed by atoms with Crippen LogP contribution in [0.3, 0.4) is 0 Å². The normalized spacial score (nSPS) is 16.8. The van der Waals surface area contributed by atoms with Crippen molar-refractivity contribution in [2.45, 2.75) is 97.3 Å². The molecule has 0 aliphatic carbocycles. The van der Waals surface area contributed by atoms with Crippen LogP contribution < -0.4 is 4.74 Å². The first kappa shape index (κ1) is 42.7. The number of imide groups is 1. The maximum absolute atomic E-state index is 13.6. The number of imidazole rings is 1. The van der Waals surface area contributed by atoms with Gasteiger partial charge in [0.05, 0.1) is 30.2 Å². The third-order valence-electron chi connectivity index (χ3n) is 12.1. The van der Waals surface area contributed by atoms with Crippen molar-refractivity contribution < 1.29 is 28.7 Å². The lowest BCUT2D eigenvalue weighted by molar-refractivity contribution is -0.158. The highest BCUT2D eigenvalue weighted by molar-refractivity contribution is 6.76. The average molecular weight is 854 g/mol. The van der Waals surface area contributed by atoms with Gasteiger partial charge in [-0.2, -0.15) is 0 Å². The topological polar surface area (TPSA) is 140 Å². The number of rotatable bonds is 15. The highest BCUT2D eigenvalue weighted by Gasteiger charge is 2.43. The van der Waals surface area contributed by atoms with Crippen LogP contribution in [0.1, 0.15) is 72.5 Å². The van der Waals surface area contributed by atoms with Crippen LogP contribution in [0, 0.1) is 0 Å². The minimum Gasteiger partial charge on any atom is -0.478 e. The number of carbonyl (C=O) groups is 4. The molecule has 6 heterocycles. The van der Waals surface area contributed by atoms with Crippen LogP contribution in [0.25, 0.3) is 39.4 Å². The fraction of sp³-hybridized carbons (Fsp3) is 0.396. The Labute approximate surface area is 363 Å². The summed E-state index contributed by atoms with van der Waals surface area (Å²) in [7, 11) is -1.32. The van der Waals surface area contributed by atoms with E-state index < -0.39 is 14.1 Å². The van der Waals surface area contributed by atoms with Gasteiger partial charge in [-0.3, -0.25) is 29.1 Å². The van der Waals surface area contributed by atoms with Gasteiger partial charge in [0.1, 0.15) is 18.6 Å². The van der Waals surface area contributed by atoms with Crippen LogP contribution in [-0.2, 0) is 45.2 Å². The number of amides is 4. The Morgan fingerprint density at radius 2 is 1.77 bits per heavy atom. The van der Waals surface area contributed by atoms with Crippen LogP contribution >= 0.6 is 0 Å². The van der Waals surface area contributed by atoms with Crippen molar-refractivity contribution in [2.75, 3.05) is 26.5 Å². The maximum Gasteiger partial charge on any atom is 0.255 e. The fourth-order valence-electron chi connectivity index (χ4n) is 8.50. The summed E-state index contributed by atoms with van der Waals surface area (Å²) in [5.41, 5.74) is 7.10. The first-order valence-electron chi connectivity index (χ1n) is 21.7. The van der Waals surface area contributed by atoms with Crippen molar-refractivity contribution in [1.29, 1.82) is 0 Å². The van der Waals surface area contributed by atoms with Crippen LogP contribution in [0.5, 0.6) is 5.88 Å². The second-order valence-corrected chi connectivity index (χ2v) is 23.1. The molecule has 4 amide bonds. The second-order valence-electron chi connectivity index (χ2n) is 17.5.